The van der Waals surface area contributed by atoms with Crippen LogP contribution in [0.25, 0.3) is 0 Å². The van der Waals surface area contributed by atoms with Gasteiger partial charge in [-0.25, -0.2) is 9.59 Å². The van der Waals surface area contributed by atoms with E-state index in [1.807, 2.05) is 20.8 Å². The minimum absolute atomic E-state index is 0.201. The fourth-order valence-corrected chi connectivity index (χ4v) is 1.33. The summed E-state index contributed by atoms with van der Waals surface area (Å²) in [7, 11) is 0. The van der Waals surface area contributed by atoms with Crippen molar-refractivity contribution in [2.45, 2.75) is 46.2 Å². The first-order chi connectivity index (χ1) is 8.53. The van der Waals surface area contributed by atoms with Crippen molar-refractivity contribution >= 4 is 17.9 Å². The fourth-order valence-electron chi connectivity index (χ4n) is 1.33. The largest absolute Gasteiger partial charge is 0.480 e. The maximum absolute atomic E-state index is 11.5. The monoisotopic (exact) mass is 273 g/mol. The van der Waals surface area contributed by atoms with Crippen molar-refractivity contribution in [3.63, 3.8) is 0 Å². The van der Waals surface area contributed by atoms with E-state index < -0.39 is 18.0 Å². The Morgan fingerprint density at radius 1 is 1.16 bits per heavy atom. The number of aliphatic carboxylic acids is 1. The maximum atomic E-state index is 11.5. The molecule has 0 aromatic rings. The summed E-state index contributed by atoms with van der Waals surface area (Å²) in [6.45, 7) is 8.64. The second kappa shape index (κ2) is 6.96. The van der Waals surface area contributed by atoms with Gasteiger partial charge >= 0.3 is 12.0 Å². The summed E-state index contributed by atoms with van der Waals surface area (Å²) in [5, 5.41) is 16.2. The van der Waals surface area contributed by atoms with Crippen LogP contribution in [0.1, 0.15) is 34.6 Å². The molecule has 0 bridgehead atoms. The van der Waals surface area contributed by atoms with E-state index in [9.17, 15) is 14.4 Å². The number of nitrogens with one attached hydrogen (secondary N) is 3. The average Bonchev–Trinajstić information content (AvgIpc) is 2.19. The van der Waals surface area contributed by atoms with Gasteiger partial charge in [0, 0.05) is 5.54 Å². The SMILES string of the molecule is CC(C)C(NC(=O)NCC(=O)NC(C)(C)C)C(=O)O. The zero-order valence-electron chi connectivity index (χ0n) is 12.0. The molecule has 0 aromatic carbocycles. The molecule has 3 amide bonds. The van der Waals surface area contributed by atoms with Crippen molar-refractivity contribution < 1.29 is 19.5 Å². The van der Waals surface area contributed by atoms with Gasteiger partial charge in [0.15, 0.2) is 0 Å². The van der Waals surface area contributed by atoms with Crippen LogP contribution < -0.4 is 16.0 Å². The number of carboxylic acids is 1. The lowest BCUT2D eigenvalue weighted by Crippen LogP contribution is -2.51. The molecule has 0 heterocycles. The highest BCUT2D eigenvalue weighted by Crippen LogP contribution is 2.01. The summed E-state index contributed by atoms with van der Waals surface area (Å²) in [5.74, 6) is -1.69. The number of carbonyl (C=O) groups excluding carboxylic acids is 2. The molecule has 0 aliphatic carbocycles. The van der Waals surface area contributed by atoms with Crippen LogP contribution in [0.5, 0.6) is 0 Å². The third kappa shape index (κ3) is 8.01. The van der Waals surface area contributed by atoms with E-state index in [1.54, 1.807) is 13.8 Å². The topological polar surface area (TPSA) is 108 Å². The van der Waals surface area contributed by atoms with Gasteiger partial charge in [0.1, 0.15) is 6.04 Å². The highest BCUT2D eigenvalue weighted by atomic mass is 16.4. The van der Waals surface area contributed by atoms with Crippen molar-refractivity contribution in [3.05, 3.63) is 0 Å². The van der Waals surface area contributed by atoms with Gasteiger partial charge in [-0.1, -0.05) is 13.8 Å². The Morgan fingerprint density at radius 3 is 2.05 bits per heavy atom. The quantitative estimate of drug-likeness (QED) is 0.578. The normalized spacial score (nSPS) is 12.7. The Hall–Kier alpha value is -1.79. The van der Waals surface area contributed by atoms with E-state index in [-0.39, 0.29) is 23.9 Å². The zero-order chi connectivity index (χ0) is 15.2. The first-order valence-corrected chi connectivity index (χ1v) is 6.11. The van der Waals surface area contributed by atoms with E-state index in [1.165, 1.54) is 0 Å². The number of hydrogen-bond acceptors (Lipinski definition) is 3. The van der Waals surface area contributed by atoms with Gasteiger partial charge in [-0.05, 0) is 26.7 Å². The predicted molar refractivity (Wildman–Crippen MR) is 70.7 cm³/mol. The third-order valence-corrected chi connectivity index (χ3v) is 2.14. The molecule has 7 nitrogen and oxygen atoms in total. The fraction of sp³-hybridized carbons (Fsp3) is 0.750. The Labute approximate surface area is 113 Å². The lowest BCUT2D eigenvalue weighted by Gasteiger charge is -2.21. The lowest BCUT2D eigenvalue weighted by molar-refractivity contribution is -0.140. The lowest BCUT2D eigenvalue weighted by atomic mass is 10.1. The number of urea groups is 1. The van der Waals surface area contributed by atoms with E-state index in [0.29, 0.717) is 0 Å². The first-order valence-electron chi connectivity index (χ1n) is 6.11. The standard InChI is InChI=1S/C12H23N3O4/c1-7(2)9(10(17)18)14-11(19)13-6-8(16)15-12(3,4)5/h7,9H,6H2,1-5H3,(H,15,16)(H,17,18)(H2,13,14,19). The molecule has 0 spiro atoms. The van der Waals surface area contributed by atoms with Gasteiger partial charge in [-0.2, -0.15) is 0 Å². The van der Waals surface area contributed by atoms with E-state index >= 15 is 0 Å². The molecule has 19 heavy (non-hydrogen) atoms. The van der Waals surface area contributed by atoms with Gasteiger partial charge in [-0.15, -0.1) is 0 Å². The van der Waals surface area contributed by atoms with Crippen LogP contribution in [0.4, 0.5) is 4.79 Å². The molecule has 7 heteroatoms. The van der Waals surface area contributed by atoms with Crippen molar-refractivity contribution in [2.75, 3.05) is 6.54 Å². The predicted octanol–water partition coefficient (Wildman–Crippen LogP) is 0.310. The Kier molecular flexibility index (Phi) is 6.31. The minimum Gasteiger partial charge on any atom is -0.480 e. The van der Waals surface area contributed by atoms with Crippen LogP contribution in [-0.4, -0.2) is 41.1 Å². The van der Waals surface area contributed by atoms with Crippen molar-refractivity contribution in [3.8, 4) is 0 Å². The second-order valence-corrected chi connectivity index (χ2v) is 5.69. The van der Waals surface area contributed by atoms with Crippen molar-refractivity contribution in [2.24, 2.45) is 5.92 Å². The zero-order valence-corrected chi connectivity index (χ0v) is 12.0. The van der Waals surface area contributed by atoms with Gasteiger partial charge in [0.25, 0.3) is 0 Å². The van der Waals surface area contributed by atoms with E-state index in [0.717, 1.165) is 0 Å². The number of rotatable bonds is 5. The van der Waals surface area contributed by atoms with Crippen LogP contribution in [-0.2, 0) is 9.59 Å². The highest BCUT2D eigenvalue weighted by Gasteiger charge is 2.23. The summed E-state index contributed by atoms with van der Waals surface area (Å²) in [5.41, 5.74) is -0.378. The maximum Gasteiger partial charge on any atom is 0.326 e. The molecule has 110 valence electrons. The number of carboxylic acid groups (broad SMARTS) is 1. The molecular weight excluding hydrogens is 250 g/mol. The molecule has 0 aliphatic heterocycles. The molecule has 4 N–H and O–H groups in total. The second-order valence-electron chi connectivity index (χ2n) is 5.69. The van der Waals surface area contributed by atoms with Gasteiger partial charge in [0.05, 0.1) is 6.54 Å². The molecule has 0 rings (SSSR count). The Morgan fingerprint density at radius 2 is 1.68 bits per heavy atom. The molecule has 0 radical (unpaired) electrons. The molecule has 1 atom stereocenters. The summed E-state index contributed by atoms with van der Waals surface area (Å²) in [6, 6.07) is -1.66. The smallest absolute Gasteiger partial charge is 0.326 e. The molecule has 0 fully saturated rings. The van der Waals surface area contributed by atoms with E-state index in [4.69, 9.17) is 5.11 Å². The van der Waals surface area contributed by atoms with Gasteiger partial charge in [0.2, 0.25) is 5.91 Å². The summed E-state index contributed by atoms with van der Waals surface area (Å²) >= 11 is 0. The van der Waals surface area contributed by atoms with Crippen LogP contribution in [0.15, 0.2) is 0 Å². The molecular formula is C12H23N3O4. The number of carbonyl (C=O) groups is 3. The van der Waals surface area contributed by atoms with Crippen LogP contribution in [0.3, 0.4) is 0 Å². The average molecular weight is 273 g/mol. The number of amides is 3. The van der Waals surface area contributed by atoms with Crippen LogP contribution >= 0.6 is 0 Å². The molecule has 1 unspecified atom stereocenters. The van der Waals surface area contributed by atoms with Crippen LogP contribution in [0, 0.1) is 5.92 Å². The summed E-state index contributed by atoms with van der Waals surface area (Å²) in [6.07, 6.45) is 0. The highest BCUT2D eigenvalue weighted by molar-refractivity contribution is 5.86. The molecule has 0 aliphatic rings. The van der Waals surface area contributed by atoms with Crippen molar-refractivity contribution in [1.29, 1.82) is 0 Å². The molecule has 0 saturated carbocycles. The summed E-state index contributed by atoms with van der Waals surface area (Å²) < 4.78 is 0. The van der Waals surface area contributed by atoms with Crippen LogP contribution in [0.2, 0.25) is 0 Å². The Bertz CT molecular complexity index is 347. The van der Waals surface area contributed by atoms with Gasteiger partial charge < -0.3 is 21.1 Å². The summed E-state index contributed by atoms with van der Waals surface area (Å²) in [4.78, 5) is 33.8. The Balaban J connectivity index is 4.19. The number of hydrogen-bond donors (Lipinski definition) is 4. The molecule has 0 saturated heterocycles. The van der Waals surface area contributed by atoms with Crippen molar-refractivity contribution in [1.82, 2.24) is 16.0 Å². The van der Waals surface area contributed by atoms with E-state index in [2.05, 4.69) is 16.0 Å². The van der Waals surface area contributed by atoms with Gasteiger partial charge in [-0.3, -0.25) is 4.79 Å². The first kappa shape index (κ1) is 17.2. The minimum atomic E-state index is -1.11. The molecule has 0 aromatic heterocycles. The third-order valence-electron chi connectivity index (χ3n) is 2.14.